The van der Waals surface area contributed by atoms with Crippen molar-refractivity contribution in [3.63, 3.8) is 0 Å². The zero-order valence-electron chi connectivity index (χ0n) is 16.4. The molecule has 1 N–H and O–H groups in total. The molecule has 0 fully saturated rings. The molecular formula is C18H23N3O5S2. The van der Waals surface area contributed by atoms with Gasteiger partial charge in [-0.1, -0.05) is 25.2 Å². The van der Waals surface area contributed by atoms with Gasteiger partial charge in [-0.15, -0.1) is 0 Å². The van der Waals surface area contributed by atoms with Crippen LogP contribution in [0, 0.1) is 6.92 Å². The van der Waals surface area contributed by atoms with Gasteiger partial charge >= 0.3 is 0 Å². The van der Waals surface area contributed by atoms with Crippen molar-refractivity contribution in [3.05, 3.63) is 34.3 Å². The number of anilines is 1. The zero-order valence-corrected chi connectivity index (χ0v) is 18.0. The second-order valence-corrected chi connectivity index (χ2v) is 8.83. The highest BCUT2D eigenvalue weighted by Gasteiger charge is 2.25. The molecule has 2 aromatic rings. The molecule has 0 bridgehead atoms. The minimum Gasteiger partial charge on any atom is -0.496 e. The van der Waals surface area contributed by atoms with Crippen molar-refractivity contribution in [3.8, 4) is 5.75 Å². The minimum absolute atomic E-state index is 0.00175. The van der Waals surface area contributed by atoms with Gasteiger partial charge in [0.2, 0.25) is 10.0 Å². The van der Waals surface area contributed by atoms with Crippen LogP contribution in [0.3, 0.4) is 0 Å². The standard InChI is InChI=1S/C18H23N3O5S2/c1-6-21(7-2)28(24,25)13-8-9-15(26-5)14(10-13)17(23)20-18-19-11(3)16(27-18)12(4)22/h8-10H,6-7H2,1-5H3,(H,19,20,23). The molecule has 0 unspecified atom stereocenters. The van der Waals surface area contributed by atoms with Crippen molar-refractivity contribution >= 4 is 38.2 Å². The molecule has 1 amide bonds. The maximum atomic E-state index is 12.8. The summed E-state index contributed by atoms with van der Waals surface area (Å²) in [4.78, 5) is 29.0. The van der Waals surface area contributed by atoms with Gasteiger partial charge in [0.05, 0.1) is 28.1 Å². The first-order chi connectivity index (χ1) is 13.1. The number of Topliss-reactive ketones (excluding diaryl/α,β-unsaturated/α-hetero) is 1. The number of thiazole rings is 1. The number of aryl methyl sites for hydroxylation is 1. The Bertz CT molecular complexity index is 995. The molecule has 0 saturated carbocycles. The number of nitrogens with one attached hydrogen (secondary N) is 1. The van der Waals surface area contributed by atoms with Crippen LogP contribution >= 0.6 is 11.3 Å². The van der Waals surface area contributed by atoms with E-state index >= 15 is 0 Å². The van der Waals surface area contributed by atoms with E-state index in [0.29, 0.717) is 23.7 Å². The second-order valence-electron chi connectivity index (χ2n) is 5.90. The Morgan fingerprint density at radius 2 is 1.89 bits per heavy atom. The Balaban J connectivity index is 2.42. The first kappa shape index (κ1) is 22.0. The minimum atomic E-state index is -3.73. The summed E-state index contributed by atoms with van der Waals surface area (Å²) in [7, 11) is -2.33. The molecule has 0 aliphatic heterocycles. The first-order valence-electron chi connectivity index (χ1n) is 8.63. The van der Waals surface area contributed by atoms with Gasteiger partial charge in [0, 0.05) is 20.0 Å². The number of benzene rings is 1. The number of ether oxygens (including phenoxy) is 1. The summed E-state index contributed by atoms with van der Waals surface area (Å²) in [6, 6.07) is 4.14. The molecule has 0 saturated heterocycles. The summed E-state index contributed by atoms with van der Waals surface area (Å²) in [6.45, 7) is 7.24. The zero-order chi connectivity index (χ0) is 21.1. The quantitative estimate of drug-likeness (QED) is 0.652. The molecule has 2 rings (SSSR count). The van der Waals surface area contributed by atoms with Crippen LogP contribution in [-0.2, 0) is 10.0 Å². The average molecular weight is 426 g/mol. The van der Waals surface area contributed by atoms with Gasteiger partial charge in [-0.2, -0.15) is 4.31 Å². The lowest BCUT2D eigenvalue weighted by atomic mass is 10.2. The maximum absolute atomic E-state index is 12.8. The molecule has 1 heterocycles. The lowest BCUT2D eigenvalue weighted by Gasteiger charge is -2.19. The second kappa shape index (κ2) is 8.80. The van der Waals surface area contributed by atoms with Gasteiger partial charge < -0.3 is 4.74 Å². The molecule has 0 radical (unpaired) electrons. The topological polar surface area (TPSA) is 106 Å². The largest absolute Gasteiger partial charge is 0.496 e. The summed E-state index contributed by atoms with van der Waals surface area (Å²) >= 11 is 1.07. The molecule has 0 aliphatic carbocycles. The van der Waals surface area contributed by atoms with Crippen molar-refractivity contribution < 1.29 is 22.7 Å². The van der Waals surface area contributed by atoms with Crippen LogP contribution in [0.15, 0.2) is 23.1 Å². The molecule has 1 aromatic heterocycles. The van der Waals surface area contributed by atoms with Crippen molar-refractivity contribution in [2.75, 3.05) is 25.5 Å². The number of nitrogens with zero attached hydrogens (tertiary/aromatic N) is 2. The number of rotatable bonds is 8. The van der Waals surface area contributed by atoms with Crippen LogP contribution < -0.4 is 10.1 Å². The fourth-order valence-corrected chi connectivity index (χ4v) is 5.02. The van der Waals surface area contributed by atoms with Gasteiger partial charge in [0.15, 0.2) is 10.9 Å². The van der Waals surface area contributed by atoms with E-state index in [4.69, 9.17) is 4.74 Å². The molecule has 152 valence electrons. The summed E-state index contributed by atoms with van der Waals surface area (Å²) in [5.74, 6) is -0.478. The van der Waals surface area contributed by atoms with Crippen LogP contribution in [-0.4, -0.2) is 49.6 Å². The third kappa shape index (κ3) is 4.40. The number of hydrogen-bond acceptors (Lipinski definition) is 7. The Morgan fingerprint density at radius 1 is 1.25 bits per heavy atom. The molecule has 1 aromatic carbocycles. The molecular weight excluding hydrogens is 402 g/mol. The van der Waals surface area contributed by atoms with Gasteiger partial charge in [0.1, 0.15) is 5.75 Å². The lowest BCUT2D eigenvalue weighted by Crippen LogP contribution is -2.30. The predicted octanol–water partition coefficient (Wildman–Crippen LogP) is 2.95. The van der Waals surface area contributed by atoms with Crippen LogP contribution in [0.2, 0.25) is 0 Å². The third-order valence-corrected chi connectivity index (χ3v) is 7.32. The van der Waals surface area contributed by atoms with E-state index in [2.05, 4.69) is 10.3 Å². The molecule has 0 spiro atoms. The highest BCUT2D eigenvalue weighted by Crippen LogP contribution is 2.27. The van der Waals surface area contributed by atoms with E-state index in [1.807, 2.05) is 0 Å². The average Bonchev–Trinajstić information content (AvgIpc) is 3.02. The van der Waals surface area contributed by atoms with E-state index in [-0.39, 0.29) is 27.1 Å². The number of hydrogen-bond donors (Lipinski definition) is 1. The van der Waals surface area contributed by atoms with Gasteiger partial charge in [-0.25, -0.2) is 13.4 Å². The van der Waals surface area contributed by atoms with Crippen molar-refractivity contribution in [2.24, 2.45) is 0 Å². The molecule has 10 heteroatoms. The van der Waals surface area contributed by atoms with Crippen molar-refractivity contribution in [1.82, 2.24) is 9.29 Å². The normalized spacial score (nSPS) is 11.5. The van der Waals surface area contributed by atoms with Gasteiger partial charge in [-0.3, -0.25) is 14.9 Å². The van der Waals surface area contributed by atoms with E-state index in [1.54, 1.807) is 20.8 Å². The number of carbonyl (C=O) groups excluding carboxylic acids is 2. The number of sulfonamides is 1. The van der Waals surface area contributed by atoms with E-state index in [1.165, 1.54) is 36.5 Å². The fraction of sp³-hybridized carbons (Fsp3) is 0.389. The van der Waals surface area contributed by atoms with Crippen LogP contribution in [0.25, 0.3) is 0 Å². The Kier molecular flexibility index (Phi) is 6.91. The van der Waals surface area contributed by atoms with Crippen molar-refractivity contribution in [1.29, 1.82) is 0 Å². The van der Waals surface area contributed by atoms with E-state index in [9.17, 15) is 18.0 Å². The summed E-state index contributed by atoms with van der Waals surface area (Å²) in [5, 5.41) is 2.87. The highest BCUT2D eigenvalue weighted by molar-refractivity contribution is 7.89. The predicted molar refractivity (Wildman–Crippen MR) is 108 cm³/mol. The van der Waals surface area contributed by atoms with E-state index < -0.39 is 15.9 Å². The first-order valence-corrected chi connectivity index (χ1v) is 10.9. The highest BCUT2D eigenvalue weighted by atomic mass is 32.2. The van der Waals surface area contributed by atoms with Crippen LogP contribution in [0.5, 0.6) is 5.75 Å². The maximum Gasteiger partial charge on any atom is 0.261 e. The number of carbonyl (C=O) groups is 2. The van der Waals surface area contributed by atoms with Crippen LogP contribution in [0.1, 0.15) is 46.5 Å². The smallest absolute Gasteiger partial charge is 0.261 e. The third-order valence-electron chi connectivity index (χ3n) is 4.10. The van der Waals surface area contributed by atoms with Crippen LogP contribution in [0.4, 0.5) is 5.13 Å². The number of methoxy groups -OCH3 is 1. The monoisotopic (exact) mass is 425 g/mol. The Labute approximate surface area is 168 Å². The van der Waals surface area contributed by atoms with Gasteiger partial charge in [-0.05, 0) is 25.1 Å². The number of aromatic nitrogens is 1. The summed E-state index contributed by atoms with van der Waals surface area (Å²) in [6.07, 6.45) is 0. The van der Waals surface area contributed by atoms with Gasteiger partial charge in [0.25, 0.3) is 5.91 Å². The Morgan fingerprint density at radius 3 is 2.39 bits per heavy atom. The lowest BCUT2D eigenvalue weighted by molar-refractivity contribution is 0.101. The molecule has 28 heavy (non-hydrogen) atoms. The molecule has 8 nitrogen and oxygen atoms in total. The summed E-state index contributed by atoms with van der Waals surface area (Å²) < 4.78 is 32.0. The number of ketones is 1. The Hall–Kier alpha value is -2.30. The molecule has 0 aliphatic rings. The van der Waals surface area contributed by atoms with E-state index in [0.717, 1.165) is 11.3 Å². The number of amides is 1. The summed E-state index contributed by atoms with van der Waals surface area (Å²) in [5.41, 5.74) is 0.589. The SMILES string of the molecule is CCN(CC)S(=O)(=O)c1ccc(OC)c(C(=O)Nc2nc(C)c(C(C)=O)s2)c1. The molecule has 0 atom stereocenters. The fourth-order valence-electron chi connectivity index (χ4n) is 2.68. The van der Waals surface area contributed by atoms with Crippen molar-refractivity contribution in [2.45, 2.75) is 32.6 Å².